The van der Waals surface area contributed by atoms with E-state index in [4.69, 9.17) is 0 Å². The third-order valence-corrected chi connectivity index (χ3v) is 6.19. The summed E-state index contributed by atoms with van der Waals surface area (Å²) in [5.74, 6) is -1.06. The molecule has 0 radical (unpaired) electrons. The Morgan fingerprint density at radius 2 is 1.89 bits per heavy atom. The monoisotopic (exact) mass is 542 g/mol. The van der Waals surface area contributed by atoms with Crippen LogP contribution in [0.3, 0.4) is 0 Å². The third-order valence-electron chi connectivity index (χ3n) is 6.19. The second kappa shape index (κ2) is 9.89. The van der Waals surface area contributed by atoms with Crippen LogP contribution < -0.4 is 10.2 Å². The highest BCUT2D eigenvalue weighted by Gasteiger charge is 2.38. The smallest absolute Gasteiger partial charge is 0.390 e. The third kappa shape index (κ3) is 6.41. The first-order valence-corrected chi connectivity index (χ1v) is 11.5. The lowest BCUT2D eigenvalue weighted by Gasteiger charge is -2.26. The molecule has 1 saturated heterocycles. The van der Waals surface area contributed by atoms with Gasteiger partial charge in [-0.05, 0) is 38.5 Å². The second-order valence-corrected chi connectivity index (χ2v) is 9.58. The molecule has 3 aromatic rings. The molecule has 0 spiro atoms. The molecule has 38 heavy (non-hydrogen) atoms. The van der Waals surface area contributed by atoms with Crippen LogP contribution in [-0.2, 0) is 12.7 Å². The first-order chi connectivity index (χ1) is 17.6. The van der Waals surface area contributed by atoms with E-state index in [1.165, 1.54) is 24.3 Å². The Kier molecular flexibility index (Phi) is 7.12. The predicted octanol–water partition coefficient (Wildman–Crippen LogP) is 4.77. The zero-order chi connectivity index (χ0) is 27.9. The van der Waals surface area contributed by atoms with Gasteiger partial charge in [0.25, 0.3) is 5.91 Å². The summed E-state index contributed by atoms with van der Waals surface area (Å²) in [4.78, 5) is 22.3. The number of aliphatic hydroxyl groups is 1. The number of alkyl halides is 6. The van der Waals surface area contributed by atoms with E-state index in [9.17, 15) is 36.2 Å². The Bertz CT molecular complexity index is 1310. The number of carbonyl (C=O) groups is 1. The molecule has 4 heterocycles. The van der Waals surface area contributed by atoms with Crippen LogP contribution >= 0.6 is 0 Å². The van der Waals surface area contributed by atoms with Crippen molar-refractivity contribution in [3.8, 4) is 11.3 Å². The van der Waals surface area contributed by atoms with Gasteiger partial charge >= 0.3 is 12.4 Å². The lowest BCUT2D eigenvalue weighted by molar-refractivity contribution is -0.142. The number of halogens is 6. The fraction of sp³-hybridized carbons (Fsp3) is 0.417. The second-order valence-electron chi connectivity index (χ2n) is 9.58. The van der Waals surface area contributed by atoms with E-state index < -0.39 is 41.8 Å². The van der Waals surface area contributed by atoms with Gasteiger partial charge in [0.2, 0.25) is 0 Å². The number of hydrogen-bond donors (Lipinski definition) is 2. The van der Waals surface area contributed by atoms with Gasteiger partial charge in [0.15, 0.2) is 5.69 Å². The molecule has 1 amide bonds. The van der Waals surface area contributed by atoms with Crippen LogP contribution in [0.1, 0.15) is 36.5 Å². The molecule has 2 N–H and O–H groups in total. The molecule has 0 saturated carbocycles. The summed E-state index contributed by atoms with van der Waals surface area (Å²) >= 11 is 0. The first-order valence-electron chi connectivity index (χ1n) is 11.5. The van der Waals surface area contributed by atoms with Crippen molar-refractivity contribution in [2.75, 3.05) is 23.3 Å². The highest BCUT2D eigenvalue weighted by molar-refractivity contribution is 6.03. The van der Waals surface area contributed by atoms with Crippen LogP contribution in [-0.4, -0.2) is 55.6 Å². The van der Waals surface area contributed by atoms with Crippen molar-refractivity contribution in [1.82, 2.24) is 19.7 Å². The Morgan fingerprint density at radius 1 is 1.16 bits per heavy atom. The SMILES string of the molecule is CC(C)(O)[C@@H]1CCN(c2cnc(C(F)(F)F)c(NC(=O)c3cccc(-c4cnn(CC(F)(F)F)c4)n3)c2)C1. The molecular formula is C24H24F6N6O2. The molecule has 8 nitrogen and oxygen atoms in total. The normalized spacial score (nSPS) is 16.7. The number of carbonyl (C=O) groups excluding carboxylic acids is 1. The van der Waals surface area contributed by atoms with Crippen molar-refractivity contribution >= 4 is 17.3 Å². The lowest BCUT2D eigenvalue weighted by atomic mass is 9.90. The summed E-state index contributed by atoms with van der Waals surface area (Å²) in [5.41, 5.74) is -2.44. The molecule has 0 bridgehead atoms. The van der Waals surface area contributed by atoms with E-state index in [1.54, 1.807) is 18.7 Å². The highest BCUT2D eigenvalue weighted by Crippen LogP contribution is 2.37. The first kappa shape index (κ1) is 27.4. The number of nitrogens with zero attached hydrogens (tertiary/aromatic N) is 5. The van der Waals surface area contributed by atoms with Gasteiger partial charge in [-0.15, -0.1) is 0 Å². The quantitative estimate of drug-likeness (QED) is 0.436. The van der Waals surface area contributed by atoms with Gasteiger partial charge in [-0.3, -0.25) is 9.48 Å². The van der Waals surface area contributed by atoms with E-state index in [1.807, 2.05) is 0 Å². The highest BCUT2D eigenvalue weighted by atomic mass is 19.4. The van der Waals surface area contributed by atoms with Crippen LogP contribution in [0.4, 0.5) is 37.7 Å². The van der Waals surface area contributed by atoms with E-state index in [2.05, 4.69) is 20.4 Å². The Labute approximate surface area is 213 Å². The summed E-state index contributed by atoms with van der Waals surface area (Å²) in [6.45, 7) is 2.90. The molecule has 1 atom stereocenters. The van der Waals surface area contributed by atoms with Gasteiger partial charge in [-0.2, -0.15) is 31.4 Å². The number of rotatable bonds is 6. The molecule has 3 aromatic heterocycles. The molecular weight excluding hydrogens is 518 g/mol. The lowest BCUT2D eigenvalue weighted by Crippen LogP contribution is -2.33. The summed E-state index contributed by atoms with van der Waals surface area (Å²) < 4.78 is 79.5. The maximum absolute atomic E-state index is 13.7. The molecule has 0 aromatic carbocycles. The predicted molar refractivity (Wildman–Crippen MR) is 125 cm³/mol. The molecule has 0 unspecified atom stereocenters. The number of anilines is 2. The topological polar surface area (TPSA) is 96.2 Å². The zero-order valence-corrected chi connectivity index (χ0v) is 20.3. The molecule has 0 aliphatic carbocycles. The number of amides is 1. The molecule has 1 aliphatic heterocycles. The van der Waals surface area contributed by atoms with Crippen molar-refractivity contribution in [2.45, 2.75) is 44.8 Å². The Balaban J connectivity index is 1.58. The average Bonchev–Trinajstić information content (AvgIpc) is 3.47. The molecule has 1 fully saturated rings. The summed E-state index contributed by atoms with van der Waals surface area (Å²) in [6, 6.07) is 5.27. The Hall–Kier alpha value is -3.68. The fourth-order valence-corrected chi connectivity index (χ4v) is 4.19. The van der Waals surface area contributed by atoms with Gasteiger partial charge in [0.1, 0.15) is 12.2 Å². The standard InChI is InChI=1S/C24H24F6N6O2/c1-22(2,38)15-6-7-35(12-15)16-8-19(20(31-10-16)24(28,29)30)34-21(37)18-5-3-4-17(33-18)14-9-32-36(11-14)13-23(25,26)27/h3-5,8-11,15,38H,6-7,12-13H2,1-2H3,(H,34,37)/t15-/m1/s1. The number of nitrogens with one attached hydrogen (secondary N) is 1. The number of pyridine rings is 2. The van der Waals surface area contributed by atoms with Crippen LogP contribution in [0.15, 0.2) is 42.9 Å². The molecule has 4 rings (SSSR count). The van der Waals surface area contributed by atoms with Crippen LogP contribution in [0.5, 0.6) is 0 Å². The summed E-state index contributed by atoms with van der Waals surface area (Å²) in [7, 11) is 0. The molecule has 14 heteroatoms. The van der Waals surface area contributed by atoms with Crippen molar-refractivity contribution in [2.24, 2.45) is 5.92 Å². The fourth-order valence-electron chi connectivity index (χ4n) is 4.19. The minimum absolute atomic E-state index is 0.102. The summed E-state index contributed by atoms with van der Waals surface area (Å²) in [6.07, 6.45) is -5.40. The van der Waals surface area contributed by atoms with Crippen LogP contribution in [0, 0.1) is 5.92 Å². The van der Waals surface area contributed by atoms with Crippen LogP contribution in [0.25, 0.3) is 11.3 Å². The van der Waals surface area contributed by atoms with Crippen molar-refractivity contribution in [1.29, 1.82) is 0 Å². The minimum Gasteiger partial charge on any atom is -0.390 e. The minimum atomic E-state index is -4.86. The van der Waals surface area contributed by atoms with Gasteiger partial charge in [0, 0.05) is 30.8 Å². The number of hydrogen-bond acceptors (Lipinski definition) is 6. The van der Waals surface area contributed by atoms with Crippen molar-refractivity contribution in [3.63, 3.8) is 0 Å². The van der Waals surface area contributed by atoms with Gasteiger partial charge in [-0.1, -0.05) is 6.07 Å². The van der Waals surface area contributed by atoms with Crippen molar-refractivity contribution < 1.29 is 36.2 Å². The molecule has 204 valence electrons. The van der Waals surface area contributed by atoms with Crippen LogP contribution in [0.2, 0.25) is 0 Å². The summed E-state index contributed by atoms with van der Waals surface area (Å²) in [5, 5.41) is 16.1. The maximum atomic E-state index is 13.7. The average molecular weight is 542 g/mol. The molecule has 1 aliphatic rings. The van der Waals surface area contributed by atoms with Gasteiger partial charge in [-0.25, -0.2) is 9.97 Å². The van der Waals surface area contributed by atoms with Crippen molar-refractivity contribution in [3.05, 3.63) is 54.2 Å². The van der Waals surface area contributed by atoms with E-state index in [-0.39, 0.29) is 22.9 Å². The van der Waals surface area contributed by atoms with E-state index in [0.717, 1.165) is 18.6 Å². The Morgan fingerprint density at radius 3 is 2.53 bits per heavy atom. The zero-order valence-electron chi connectivity index (χ0n) is 20.3. The van der Waals surface area contributed by atoms with E-state index >= 15 is 0 Å². The number of aromatic nitrogens is 4. The largest absolute Gasteiger partial charge is 0.435 e. The maximum Gasteiger partial charge on any atom is 0.435 e. The van der Waals surface area contributed by atoms with Gasteiger partial charge in [0.05, 0.1) is 35.1 Å². The van der Waals surface area contributed by atoms with E-state index in [0.29, 0.717) is 29.9 Å². The van der Waals surface area contributed by atoms with Gasteiger partial charge < -0.3 is 15.3 Å².